The molecule has 0 amide bonds. The van der Waals surface area contributed by atoms with Crippen LogP contribution < -0.4 is 9.62 Å². The maximum absolute atomic E-state index is 12.3. The summed E-state index contributed by atoms with van der Waals surface area (Å²) in [7, 11) is -3.44. The van der Waals surface area contributed by atoms with Gasteiger partial charge in [0, 0.05) is 28.9 Å². The topological polar surface area (TPSA) is 58.6 Å². The minimum atomic E-state index is -3.44. The van der Waals surface area contributed by atoms with Gasteiger partial charge in [0.15, 0.2) is 0 Å². The van der Waals surface area contributed by atoms with E-state index in [0.29, 0.717) is 5.69 Å². The van der Waals surface area contributed by atoms with Crippen molar-refractivity contribution >= 4 is 37.3 Å². The number of anilines is 2. The third-order valence-electron chi connectivity index (χ3n) is 3.79. The Kier molecular flexibility index (Phi) is 5.43. The molecular weight excluding hydrogens is 392 g/mol. The smallest absolute Gasteiger partial charge is 0.236 e. The van der Waals surface area contributed by atoms with Gasteiger partial charge < -0.3 is 9.64 Å². The summed E-state index contributed by atoms with van der Waals surface area (Å²) in [4.78, 5) is 2.23. The van der Waals surface area contributed by atoms with Gasteiger partial charge in [0.1, 0.15) is 0 Å². The van der Waals surface area contributed by atoms with Gasteiger partial charge in [0.05, 0.1) is 19.0 Å². The van der Waals surface area contributed by atoms with Crippen molar-refractivity contribution in [1.82, 2.24) is 0 Å². The molecule has 1 aliphatic rings. The van der Waals surface area contributed by atoms with Crippen molar-refractivity contribution in [3.8, 4) is 0 Å². The van der Waals surface area contributed by atoms with Gasteiger partial charge in [-0.3, -0.25) is 4.72 Å². The summed E-state index contributed by atoms with van der Waals surface area (Å²) < 4.78 is 33.5. The van der Waals surface area contributed by atoms with E-state index < -0.39 is 10.0 Å². The summed E-state index contributed by atoms with van der Waals surface area (Å²) in [6, 6.07) is 14.7. The van der Waals surface area contributed by atoms with E-state index in [9.17, 15) is 8.42 Å². The van der Waals surface area contributed by atoms with E-state index in [1.54, 1.807) is 24.3 Å². The highest BCUT2D eigenvalue weighted by molar-refractivity contribution is 9.10. The Morgan fingerprint density at radius 1 is 1.00 bits per heavy atom. The van der Waals surface area contributed by atoms with Crippen molar-refractivity contribution in [3.05, 3.63) is 58.6 Å². The minimum absolute atomic E-state index is 0.0501. The molecule has 0 spiro atoms. The zero-order valence-electron chi connectivity index (χ0n) is 13.1. The van der Waals surface area contributed by atoms with E-state index in [4.69, 9.17) is 4.74 Å². The molecule has 0 atom stereocenters. The van der Waals surface area contributed by atoms with Crippen LogP contribution in [0.25, 0.3) is 0 Å². The summed E-state index contributed by atoms with van der Waals surface area (Å²) in [5.41, 5.74) is 2.40. The Morgan fingerprint density at radius 3 is 2.25 bits per heavy atom. The van der Waals surface area contributed by atoms with E-state index in [1.165, 1.54) is 0 Å². The molecule has 0 unspecified atom stereocenters. The van der Waals surface area contributed by atoms with Crippen LogP contribution in [0.2, 0.25) is 0 Å². The third-order valence-corrected chi connectivity index (χ3v) is 5.58. The largest absolute Gasteiger partial charge is 0.378 e. The molecule has 2 aromatic carbocycles. The van der Waals surface area contributed by atoms with E-state index in [-0.39, 0.29) is 5.75 Å². The van der Waals surface area contributed by atoms with Crippen LogP contribution in [0.4, 0.5) is 11.4 Å². The quantitative estimate of drug-likeness (QED) is 0.821. The third kappa shape index (κ3) is 4.72. The summed E-state index contributed by atoms with van der Waals surface area (Å²) in [6.45, 7) is 3.16. The minimum Gasteiger partial charge on any atom is -0.378 e. The number of sulfonamides is 1. The van der Waals surface area contributed by atoms with Crippen molar-refractivity contribution in [3.63, 3.8) is 0 Å². The predicted molar refractivity (Wildman–Crippen MR) is 99.9 cm³/mol. The number of benzene rings is 2. The molecule has 0 aromatic heterocycles. The van der Waals surface area contributed by atoms with Gasteiger partial charge in [0.25, 0.3) is 0 Å². The lowest BCUT2D eigenvalue weighted by molar-refractivity contribution is 0.122. The molecule has 3 rings (SSSR count). The van der Waals surface area contributed by atoms with Gasteiger partial charge in [-0.05, 0) is 42.0 Å². The van der Waals surface area contributed by atoms with Crippen LogP contribution in [0.1, 0.15) is 5.56 Å². The van der Waals surface area contributed by atoms with Crippen LogP contribution in [0.15, 0.2) is 53.0 Å². The second kappa shape index (κ2) is 7.55. The second-order valence-corrected chi connectivity index (χ2v) is 8.27. The van der Waals surface area contributed by atoms with E-state index >= 15 is 0 Å². The normalized spacial score (nSPS) is 15.3. The molecule has 0 saturated carbocycles. The zero-order valence-corrected chi connectivity index (χ0v) is 15.5. The molecule has 0 aliphatic carbocycles. The van der Waals surface area contributed by atoms with E-state index in [2.05, 4.69) is 25.6 Å². The van der Waals surface area contributed by atoms with Crippen molar-refractivity contribution < 1.29 is 13.2 Å². The van der Waals surface area contributed by atoms with Crippen molar-refractivity contribution in [2.45, 2.75) is 5.75 Å². The molecule has 2 aromatic rings. The summed E-state index contributed by atoms with van der Waals surface area (Å²) >= 11 is 3.34. The predicted octanol–water partition coefficient (Wildman–Crippen LogP) is 3.23. The van der Waals surface area contributed by atoms with Gasteiger partial charge in [-0.1, -0.05) is 28.1 Å². The Hall–Kier alpha value is -1.57. The Labute approximate surface area is 150 Å². The molecule has 1 fully saturated rings. The number of nitrogens with zero attached hydrogens (tertiary/aromatic N) is 1. The zero-order chi connectivity index (χ0) is 17.0. The Bertz CT molecular complexity index is 770. The average Bonchev–Trinajstić information content (AvgIpc) is 2.58. The van der Waals surface area contributed by atoms with Gasteiger partial charge in [-0.25, -0.2) is 8.42 Å². The molecule has 5 nitrogen and oxygen atoms in total. The number of hydrogen-bond acceptors (Lipinski definition) is 4. The first-order valence-electron chi connectivity index (χ1n) is 7.69. The highest BCUT2D eigenvalue weighted by Crippen LogP contribution is 2.20. The number of morpholine rings is 1. The average molecular weight is 411 g/mol. The molecule has 128 valence electrons. The fraction of sp³-hybridized carbons (Fsp3) is 0.294. The van der Waals surface area contributed by atoms with Crippen molar-refractivity contribution in [2.75, 3.05) is 35.9 Å². The molecule has 1 heterocycles. The molecular formula is C17H19BrN2O3S. The fourth-order valence-corrected chi connectivity index (χ4v) is 4.04. The van der Waals surface area contributed by atoms with E-state index in [1.807, 2.05) is 24.3 Å². The molecule has 0 bridgehead atoms. The lowest BCUT2D eigenvalue weighted by Gasteiger charge is -2.28. The highest BCUT2D eigenvalue weighted by atomic mass is 79.9. The number of ether oxygens (including phenoxy) is 1. The van der Waals surface area contributed by atoms with Crippen LogP contribution in [-0.4, -0.2) is 34.7 Å². The summed E-state index contributed by atoms with van der Waals surface area (Å²) in [6.07, 6.45) is 0. The van der Waals surface area contributed by atoms with Crippen LogP contribution in [0.5, 0.6) is 0 Å². The van der Waals surface area contributed by atoms with Crippen LogP contribution in [-0.2, 0) is 20.5 Å². The van der Waals surface area contributed by atoms with Gasteiger partial charge in [0.2, 0.25) is 10.0 Å². The molecule has 7 heteroatoms. The molecule has 0 radical (unpaired) electrons. The number of rotatable bonds is 5. The number of hydrogen-bond donors (Lipinski definition) is 1. The Morgan fingerprint density at radius 2 is 1.62 bits per heavy atom. The maximum atomic E-state index is 12.3. The first-order chi connectivity index (χ1) is 11.5. The molecule has 24 heavy (non-hydrogen) atoms. The van der Waals surface area contributed by atoms with Crippen molar-refractivity contribution in [1.29, 1.82) is 0 Å². The molecule has 1 N–H and O–H groups in total. The molecule has 1 aliphatic heterocycles. The number of halogens is 1. The SMILES string of the molecule is O=S(=O)(Cc1ccc(Br)cc1)Nc1ccc(N2CCOCC2)cc1. The first kappa shape index (κ1) is 17.3. The van der Waals surface area contributed by atoms with E-state index in [0.717, 1.165) is 42.0 Å². The lowest BCUT2D eigenvalue weighted by Crippen LogP contribution is -2.36. The van der Waals surface area contributed by atoms with Crippen LogP contribution >= 0.6 is 15.9 Å². The lowest BCUT2D eigenvalue weighted by atomic mass is 10.2. The van der Waals surface area contributed by atoms with Crippen LogP contribution in [0, 0.1) is 0 Å². The van der Waals surface area contributed by atoms with Crippen LogP contribution in [0.3, 0.4) is 0 Å². The standard InChI is InChI=1S/C17H19BrN2O3S/c18-15-3-1-14(2-4-15)13-24(21,22)19-16-5-7-17(8-6-16)20-9-11-23-12-10-20/h1-8,19H,9-13H2. The van der Waals surface area contributed by atoms with Gasteiger partial charge >= 0.3 is 0 Å². The maximum Gasteiger partial charge on any atom is 0.236 e. The highest BCUT2D eigenvalue weighted by Gasteiger charge is 2.14. The first-order valence-corrected chi connectivity index (χ1v) is 10.1. The second-order valence-electron chi connectivity index (χ2n) is 5.63. The van der Waals surface area contributed by atoms with Gasteiger partial charge in [-0.2, -0.15) is 0 Å². The summed E-state index contributed by atoms with van der Waals surface area (Å²) in [5, 5.41) is 0. The van der Waals surface area contributed by atoms with Gasteiger partial charge in [-0.15, -0.1) is 0 Å². The van der Waals surface area contributed by atoms with Crippen molar-refractivity contribution in [2.24, 2.45) is 0 Å². The monoisotopic (exact) mass is 410 g/mol. The Balaban J connectivity index is 1.64. The fourth-order valence-electron chi connectivity index (χ4n) is 2.58. The number of nitrogens with one attached hydrogen (secondary N) is 1. The molecule has 1 saturated heterocycles. The summed E-state index contributed by atoms with van der Waals surface area (Å²) in [5.74, 6) is -0.0501.